The van der Waals surface area contributed by atoms with E-state index in [0.717, 1.165) is 56.5 Å². The van der Waals surface area contributed by atoms with Gasteiger partial charge in [-0.3, -0.25) is 4.90 Å². The van der Waals surface area contributed by atoms with Crippen molar-refractivity contribution in [2.75, 3.05) is 46.4 Å². The number of rotatable bonds is 5. The second-order valence-electron chi connectivity index (χ2n) is 8.11. The zero-order valence-electron chi connectivity index (χ0n) is 17.4. The zero-order valence-corrected chi connectivity index (χ0v) is 17.4. The maximum atomic E-state index is 12.0. The first-order chi connectivity index (χ1) is 13.9. The number of para-hydroxylation sites is 2. The molecule has 0 amide bonds. The molecule has 8 nitrogen and oxygen atoms in total. The van der Waals surface area contributed by atoms with Crippen LogP contribution in [0.1, 0.15) is 20.3 Å². The van der Waals surface area contributed by atoms with Crippen LogP contribution in [0.3, 0.4) is 0 Å². The summed E-state index contributed by atoms with van der Waals surface area (Å²) in [5, 5.41) is 11.8. The fraction of sp³-hybridized carbons (Fsp3) is 0.571. The van der Waals surface area contributed by atoms with Crippen molar-refractivity contribution in [2.24, 2.45) is 0 Å². The monoisotopic (exact) mass is 402 g/mol. The van der Waals surface area contributed by atoms with Crippen LogP contribution in [-0.4, -0.2) is 83.9 Å². The molecule has 3 aliphatic rings. The van der Waals surface area contributed by atoms with Crippen molar-refractivity contribution in [1.82, 2.24) is 20.2 Å². The van der Waals surface area contributed by atoms with E-state index in [0.29, 0.717) is 12.2 Å². The number of hydrogen-bond donors (Lipinski definition) is 2. The third-order valence-electron chi connectivity index (χ3n) is 6.41. The van der Waals surface area contributed by atoms with Crippen molar-refractivity contribution in [3.63, 3.8) is 0 Å². The van der Waals surface area contributed by atoms with Gasteiger partial charge in [0, 0.05) is 39.8 Å². The van der Waals surface area contributed by atoms with E-state index < -0.39 is 11.5 Å². The number of hydrazine groups is 1. The minimum absolute atomic E-state index is 0.00404. The van der Waals surface area contributed by atoms with Crippen LogP contribution in [0.5, 0.6) is 11.5 Å². The lowest BCUT2D eigenvalue weighted by molar-refractivity contribution is -0.133. The molecule has 3 heterocycles. The molecule has 2 unspecified atom stereocenters. The third-order valence-corrected chi connectivity index (χ3v) is 6.41. The Hall–Kier alpha value is -2.45. The van der Waals surface area contributed by atoms with Crippen molar-refractivity contribution < 1.29 is 19.4 Å². The number of aliphatic carboxylic acids is 1. The average Bonchev–Trinajstić information content (AvgIpc) is 3.00. The van der Waals surface area contributed by atoms with Gasteiger partial charge in [0.05, 0.1) is 5.54 Å². The van der Waals surface area contributed by atoms with Gasteiger partial charge in [-0.1, -0.05) is 19.1 Å². The summed E-state index contributed by atoms with van der Waals surface area (Å²) >= 11 is 0. The van der Waals surface area contributed by atoms with E-state index in [1.165, 1.54) is 0 Å². The van der Waals surface area contributed by atoms with Crippen LogP contribution in [0, 0.1) is 0 Å². The van der Waals surface area contributed by atoms with E-state index in [4.69, 9.17) is 9.47 Å². The summed E-state index contributed by atoms with van der Waals surface area (Å²) in [5.74, 6) is 1.48. The van der Waals surface area contributed by atoms with Crippen LogP contribution in [0.2, 0.25) is 0 Å². The molecule has 0 saturated carbocycles. The highest BCUT2D eigenvalue weighted by molar-refractivity contribution is 5.90. The van der Waals surface area contributed by atoms with Crippen molar-refractivity contribution in [3.8, 4) is 11.5 Å². The van der Waals surface area contributed by atoms with E-state index in [2.05, 4.69) is 15.2 Å². The molecule has 0 radical (unpaired) electrons. The number of fused-ring (bicyclic) bond motifs is 1. The first-order valence-corrected chi connectivity index (χ1v) is 10.3. The van der Waals surface area contributed by atoms with E-state index in [-0.39, 0.29) is 6.10 Å². The first-order valence-electron chi connectivity index (χ1n) is 10.3. The quantitative estimate of drug-likeness (QED) is 0.765. The molecule has 1 fully saturated rings. The second-order valence-corrected chi connectivity index (χ2v) is 8.11. The van der Waals surface area contributed by atoms with Crippen LogP contribution in [0.4, 0.5) is 0 Å². The van der Waals surface area contributed by atoms with Crippen molar-refractivity contribution in [2.45, 2.75) is 31.9 Å². The van der Waals surface area contributed by atoms with Gasteiger partial charge >= 0.3 is 5.97 Å². The molecule has 0 bridgehead atoms. The number of piperazine rings is 1. The smallest absolute Gasteiger partial charge is 0.337 e. The third kappa shape index (κ3) is 3.62. The lowest BCUT2D eigenvalue weighted by atomic mass is 9.89. The van der Waals surface area contributed by atoms with Crippen LogP contribution >= 0.6 is 0 Å². The number of carboxylic acid groups (broad SMARTS) is 1. The molecule has 2 atom stereocenters. The minimum Gasteiger partial charge on any atom is -0.486 e. The number of hydrogen-bond acceptors (Lipinski definition) is 7. The minimum atomic E-state index is -0.852. The Balaban J connectivity index is 1.38. The summed E-state index contributed by atoms with van der Waals surface area (Å²) in [4.78, 5) is 16.5. The molecule has 1 aromatic rings. The molecule has 0 spiro atoms. The summed E-state index contributed by atoms with van der Waals surface area (Å²) < 4.78 is 11.9. The molecular formula is C21H30N4O4. The maximum Gasteiger partial charge on any atom is 0.337 e. The van der Waals surface area contributed by atoms with Crippen molar-refractivity contribution in [1.29, 1.82) is 0 Å². The molecule has 0 aliphatic carbocycles. The summed E-state index contributed by atoms with van der Waals surface area (Å²) in [5.41, 5.74) is 3.24. The van der Waals surface area contributed by atoms with Gasteiger partial charge in [0.15, 0.2) is 11.5 Å². The Morgan fingerprint density at radius 2 is 1.93 bits per heavy atom. The number of nitrogens with zero attached hydrogens (tertiary/aromatic N) is 3. The largest absolute Gasteiger partial charge is 0.486 e. The highest BCUT2D eigenvalue weighted by Gasteiger charge is 2.46. The summed E-state index contributed by atoms with van der Waals surface area (Å²) in [6.45, 7) is 8.60. The van der Waals surface area contributed by atoms with Crippen molar-refractivity contribution in [3.05, 3.63) is 35.7 Å². The fourth-order valence-electron chi connectivity index (χ4n) is 4.33. The number of carbonyl (C=O) groups is 1. The second kappa shape index (κ2) is 7.76. The SMILES string of the molecule is CCC1(C)C(C(=O)O)=C(N2CCN(CC3COc4ccccc4O3)CC2)NN1C. The summed E-state index contributed by atoms with van der Waals surface area (Å²) in [6, 6.07) is 7.76. The van der Waals surface area contributed by atoms with Crippen LogP contribution < -0.4 is 14.9 Å². The standard InChI is InChI=1S/C21H30N4O4/c1-4-21(2)18(20(26)27)19(22-23(21)3)25-11-9-24(10-12-25)13-15-14-28-16-7-5-6-8-17(16)29-15/h5-8,15,22H,4,9-14H2,1-3H3,(H,26,27). The predicted molar refractivity (Wildman–Crippen MR) is 109 cm³/mol. The topological polar surface area (TPSA) is 77.5 Å². The van der Waals surface area contributed by atoms with E-state index in [9.17, 15) is 9.90 Å². The number of nitrogens with one attached hydrogen (secondary N) is 1. The van der Waals surface area contributed by atoms with Gasteiger partial charge in [-0.05, 0) is 25.5 Å². The Labute approximate surface area is 171 Å². The zero-order chi connectivity index (χ0) is 20.6. The normalized spacial score (nSPS) is 27.8. The van der Waals surface area contributed by atoms with E-state index in [1.54, 1.807) is 0 Å². The number of carboxylic acids is 1. The van der Waals surface area contributed by atoms with Crippen LogP contribution in [0.25, 0.3) is 0 Å². The average molecular weight is 402 g/mol. The lowest BCUT2D eigenvalue weighted by Gasteiger charge is -2.38. The van der Waals surface area contributed by atoms with Gasteiger partial charge in [-0.15, -0.1) is 0 Å². The Morgan fingerprint density at radius 3 is 2.59 bits per heavy atom. The highest BCUT2D eigenvalue weighted by atomic mass is 16.6. The number of benzene rings is 1. The highest BCUT2D eigenvalue weighted by Crippen LogP contribution is 2.35. The van der Waals surface area contributed by atoms with E-state index in [1.807, 2.05) is 50.2 Å². The molecule has 0 aromatic heterocycles. The molecule has 3 aliphatic heterocycles. The molecule has 158 valence electrons. The molecular weight excluding hydrogens is 372 g/mol. The van der Waals surface area contributed by atoms with Gasteiger partial charge in [0.2, 0.25) is 0 Å². The van der Waals surface area contributed by atoms with Gasteiger partial charge in [0.1, 0.15) is 24.1 Å². The van der Waals surface area contributed by atoms with E-state index >= 15 is 0 Å². The Morgan fingerprint density at radius 1 is 1.24 bits per heavy atom. The molecule has 1 saturated heterocycles. The maximum absolute atomic E-state index is 12.0. The molecule has 8 heteroatoms. The summed E-state index contributed by atoms with van der Waals surface area (Å²) in [6.07, 6.45) is 0.728. The number of ether oxygens (including phenoxy) is 2. The fourth-order valence-corrected chi connectivity index (χ4v) is 4.33. The Bertz CT molecular complexity index is 806. The first kappa shape index (κ1) is 19.8. The van der Waals surface area contributed by atoms with Crippen molar-refractivity contribution >= 4 is 5.97 Å². The van der Waals surface area contributed by atoms with Gasteiger partial charge in [0.25, 0.3) is 0 Å². The molecule has 1 aromatic carbocycles. The van der Waals surface area contributed by atoms with Gasteiger partial charge in [-0.2, -0.15) is 0 Å². The lowest BCUT2D eigenvalue weighted by Crippen LogP contribution is -2.52. The molecule has 4 rings (SSSR count). The van der Waals surface area contributed by atoms with Crippen LogP contribution in [-0.2, 0) is 4.79 Å². The van der Waals surface area contributed by atoms with Gasteiger partial charge in [-0.25, -0.2) is 9.80 Å². The summed E-state index contributed by atoms with van der Waals surface area (Å²) in [7, 11) is 1.91. The van der Waals surface area contributed by atoms with Crippen LogP contribution in [0.15, 0.2) is 35.7 Å². The molecule has 2 N–H and O–H groups in total. The molecule has 29 heavy (non-hydrogen) atoms. The predicted octanol–water partition coefficient (Wildman–Crippen LogP) is 1.36. The Kier molecular flexibility index (Phi) is 5.31. The van der Waals surface area contributed by atoms with Gasteiger partial charge < -0.3 is 24.9 Å². The number of likely N-dealkylation sites (N-methyl/N-ethyl adjacent to an activating group) is 1.